The molecule has 120 valence electrons. The van der Waals surface area contributed by atoms with Crippen molar-refractivity contribution in [2.45, 2.75) is 33.1 Å². The number of benzene rings is 1. The highest BCUT2D eigenvalue weighted by molar-refractivity contribution is 6.06. The van der Waals surface area contributed by atoms with Gasteiger partial charge in [-0.25, -0.2) is 0 Å². The first-order valence-electron chi connectivity index (χ1n) is 7.47. The van der Waals surface area contributed by atoms with Crippen LogP contribution in [0.2, 0.25) is 0 Å². The molecule has 0 radical (unpaired) electrons. The van der Waals surface area contributed by atoms with Gasteiger partial charge in [0.15, 0.2) is 5.92 Å². The summed E-state index contributed by atoms with van der Waals surface area (Å²) < 4.78 is 9.57. The molecule has 4 heteroatoms. The predicted molar refractivity (Wildman–Crippen MR) is 86.2 cm³/mol. The third-order valence-electron chi connectivity index (χ3n) is 3.49. The molecule has 22 heavy (non-hydrogen) atoms. The highest BCUT2D eigenvalue weighted by Crippen LogP contribution is 2.27. The Morgan fingerprint density at radius 2 is 1.64 bits per heavy atom. The van der Waals surface area contributed by atoms with Gasteiger partial charge in [-0.1, -0.05) is 55.7 Å². The second-order valence-corrected chi connectivity index (χ2v) is 5.15. The van der Waals surface area contributed by atoms with Crippen LogP contribution < -0.4 is 0 Å². The van der Waals surface area contributed by atoms with Crippen LogP contribution in [0.25, 0.3) is 5.57 Å². The van der Waals surface area contributed by atoms with Gasteiger partial charge in [0.2, 0.25) is 0 Å². The summed E-state index contributed by atoms with van der Waals surface area (Å²) in [4.78, 5) is 24.1. The molecule has 0 saturated heterocycles. The van der Waals surface area contributed by atoms with Gasteiger partial charge >= 0.3 is 11.9 Å². The van der Waals surface area contributed by atoms with E-state index in [1.165, 1.54) is 14.2 Å². The van der Waals surface area contributed by atoms with Crippen LogP contribution in [0.3, 0.4) is 0 Å². The molecule has 0 bridgehead atoms. The summed E-state index contributed by atoms with van der Waals surface area (Å²) in [6.45, 7) is 4.08. The van der Waals surface area contributed by atoms with Gasteiger partial charge in [-0.05, 0) is 24.5 Å². The van der Waals surface area contributed by atoms with E-state index < -0.39 is 17.9 Å². The Morgan fingerprint density at radius 1 is 1.09 bits per heavy atom. The van der Waals surface area contributed by atoms with E-state index in [9.17, 15) is 9.59 Å². The Labute approximate surface area is 132 Å². The number of carbonyl (C=O) groups is 2. The van der Waals surface area contributed by atoms with Crippen molar-refractivity contribution in [1.82, 2.24) is 0 Å². The van der Waals surface area contributed by atoms with Crippen molar-refractivity contribution >= 4 is 17.5 Å². The lowest BCUT2D eigenvalue weighted by atomic mass is 9.90. The van der Waals surface area contributed by atoms with Gasteiger partial charge in [0.25, 0.3) is 0 Å². The molecule has 1 aromatic carbocycles. The lowest BCUT2D eigenvalue weighted by Crippen LogP contribution is -2.27. The molecule has 0 unspecified atom stereocenters. The van der Waals surface area contributed by atoms with Crippen molar-refractivity contribution < 1.29 is 19.1 Å². The third-order valence-corrected chi connectivity index (χ3v) is 3.49. The monoisotopic (exact) mass is 304 g/mol. The maximum absolute atomic E-state index is 12.1. The Kier molecular flexibility index (Phi) is 7.37. The Bertz CT molecular complexity index is 513. The summed E-state index contributed by atoms with van der Waals surface area (Å²) in [5.41, 5.74) is 2.60. The van der Waals surface area contributed by atoms with Crippen LogP contribution in [0.1, 0.15) is 37.3 Å². The number of rotatable bonds is 7. The highest BCUT2D eigenvalue weighted by atomic mass is 16.5. The van der Waals surface area contributed by atoms with Gasteiger partial charge in [0.05, 0.1) is 14.2 Å². The average molecular weight is 304 g/mol. The molecule has 0 N–H and O–H groups in total. The quantitative estimate of drug-likeness (QED) is 0.439. The zero-order valence-corrected chi connectivity index (χ0v) is 13.7. The summed E-state index contributed by atoms with van der Waals surface area (Å²) in [7, 11) is 2.55. The van der Waals surface area contributed by atoms with Gasteiger partial charge in [-0.15, -0.1) is 0 Å². The zero-order valence-electron chi connectivity index (χ0n) is 13.7. The molecule has 0 atom stereocenters. The molecule has 0 aliphatic heterocycles. The fraction of sp³-hybridized carbons (Fsp3) is 0.444. The smallest absolute Gasteiger partial charge is 0.324 e. The maximum atomic E-state index is 12.1. The van der Waals surface area contributed by atoms with E-state index in [0.717, 1.165) is 30.4 Å². The van der Waals surface area contributed by atoms with Crippen molar-refractivity contribution in [3.8, 4) is 0 Å². The molecule has 1 aromatic rings. The Balaban J connectivity index is 3.26. The molecule has 0 heterocycles. The normalized spacial score (nSPS) is 11.4. The first-order valence-corrected chi connectivity index (χ1v) is 7.47. The van der Waals surface area contributed by atoms with Crippen LogP contribution in [0, 0.1) is 12.8 Å². The van der Waals surface area contributed by atoms with Crippen LogP contribution in [0.15, 0.2) is 30.3 Å². The first-order chi connectivity index (χ1) is 10.5. The number of aryl methyl sites for hydroxylation is 1. The average Bonchev–Trinajstić information content (AvgIpc) is 2.54. The number of hydrogen-bond donors (Lipinski definition) is 0. The van der Waals surface area contributed by atoms with E-state index in [-0.39, 0.29) is 0 Å². The highest BCUT2D eigenvalue weighted by Gasteiger charge is 2.33. The minimum Gasteiger partial charge on any atom is -0.468 e. The van der Waals surface area contributed by atoms with Crippen molar-refractivity contribution in [2.75, 3.05) is 14.2 Å². The zero-order chi connectivity index (χ0) is 16.5. The second kappa shape index (κ2) is 9.03. The molecular weight excluding hydrogens is 280 g/mol. The van der Waals surface area contributed by atoms with E-state index in [1.54, 1.807) is 0 Å². The third kappa shape index (κ3) is 4.72. The second-order valence-electron chi connectivity index (χ2n) is 5.15. The van der Waals surface area contributed by atoms with Crippen molar-refractivity contribution in [3.05, 3.63) is 41.5 Å². The number of esters is 2. The summed E-state index contributed by atoms with van der Waals surface area (Å²) in [6, 6.07) is 7.72. The Morgan fingerprint density at radius 3 is 2.09 bits per heavy atom. The van der Waals surface area contributed by atoms with Crippen LogP contribution in [0.4, 0.5) is 0 Å². The van der Waals surface area contributed by atoms with Gasteiger partial charge in [-0.2, -0.15) is 0 Å². The SMILES string of the molecule is CCCC/C=C(\c1ccc(C)cc1)C(C(=O)OC)C(=O)OC. The number of methoxy groups -OCH3 is 2. The summed E-state index contributed by atoms with van der Waals surface area (Å²) in [5.74, 6) is -2.25. The van der Waals surface area contributed by atoms with E-state index >= 15 is 0 Å². The van der Waals surface area contributed by atoms with E-state index in [4.69, 9.17) is 9.47 Å². The molecule has 0 fully saturated rings. The van der Waals surface area contributed by atoms with Crippen LogP contribution in [-0.2, 0) is 19.1 Å². The molecule has 0 aliphatic rings. The van der Waals surface area contributed by atoms with Crippen molar-refractivity contribution in [1.29, 1.82) is 0 Å². The lowest BCUT2D eigenvalue weighted by molar-refractivity contribution is -0.155. The van der Waals surface area contributed by atoms with Crippen LogP contribution >= 0.6 is 0 Å². The van der Waals surface area contributed by atoms with E-state index in [0.29, 0.717) is 5.57 Å². The summed E-state index contributed by atoms with van der Waals surface area (Å²) >= 11 is 0. The number of allylic oxidation sites excluding steroid dienone is 1. The van der Waals surface area contributed by atoms with Gasteiger partial charge in [-0.3, -0.25) is 9.59 Å². The molecular formula is C18H24O4. The van der Waals surface area contributed by atoms with Crippen molar-refractivity contribution in [2.24, 2.45) is 5.92 Å². The fourth-order valence-electron chi connectivity index (χ4n) is 2.20. The Hall–Kier alpha value is -2.10. The molecule has 0 aliphatic carbocycles. The number of carbonyl (C=O) groups excluding carboxylic acids is 2. The van der Waals surface area contributed by atoms with Gasteiger partial charge in [0.1, 0.15) is 0 Å². The standard InChI is InChI=1S/C18H24O4/c1-5-6-7-8-15(14-11-9-13(2)10-12-14)16(17(19)21-3)18(20)22-4/h8-12,16H,5-7H2,1-4H3/b15-8+. The summed E-state index contributed by atoms with van der Waals surface area (Å²) in [6.07, 6.45) is 4.76. The number of unbranched alkanes of at least 4 members (excludes halogenated alkanes) is 2. The predicted octanol–water partition coefficient (Wildman–Crippen LogP) is 3.53. The van der Waals surface area contributed by atoms with Gasteiger partial charge < -0.3 is 9.47 Å². The molecule has 0 amide bonds. The lowest BCUT2D eigenvalue weighted by Gasteiger charge is -2.17. The largest absolute Gasteiger partial charge is 0.468 e. The minimum atomic E-state index is -1.05. The maximum Gasteiger partial charge on any atom is 0.324 e. The topological polar surface area (TPSA) is 52.6 Å². The van der Waals surface area contributed by atoms with Crippen LogP contribution in [-0.4, -0.2) is 26.2 Å². The van der Waals surface area contributed by atoms with Gasteiger partial charge in [0, 0.05) is 0 Å². The first kappa shape index (κ1) is 18.0. The molecule has 0 spiro atoms. The fourth-order valence-corrected chi connectivity index (χ4v) is 2.20. The van der Waals surface area contributed by atoms with E-state index in [2.05, 4.69) is 6.92 Å². The van der Waals surface area contributed by atoms with E-state index in [1.807, 2.05) is 37.3 Å². The number of hydrogen-bond acceptors (Lipinski definition) is 4. The molecule has 1 rings (SSSR count). The van der Waals surface area contributed by atoms with Crippen LogP contribution in [0.5, 0.6) is 0 Å². The molecule has 0 aromatic heterocycles. The minimum absolute atomic E-state index is 0.602. The molecule has 4 nitrogen and oxygen atoms in total. The molecule has 0 saturated carbocycles. The van der Waals surface area contributed by atoms with Crippen molar-refractivity contribution in [3.63, 3.8) is 0 Å². The summed E-state index contributed by atoms with van der Waals surface area (Å²) in [5, 5.41) is 0. The number of ether oxygens (including phenoxy) is 2.